The largest absolute Gasteiger partial charge is 0.497 e. The van der Waals surface area contributed by atoms with Crippen molar-refractivity contribution in [3.05, 3.63) is 75.7 Å². The van der Waals surface area contributed by atoms with E-state index in [9.17, 15) is 4.79 Å². The number of nitrogens with zero attached hydrogens (tertiary/aromatic N) is 3. The molecule has 2 aromatic heterocycles. The van der Waals surface area contributed by atoms with Crippen LogP contribution in [0.5, 0.6) is 5.75 Å². The van der Waals surface area contributed by atoms with E-state index in [2.05, 4.69) is 15.2 Å². The van der Waals surface area contributed by atoms with Crippen molar-refractivity contribution in [2.45, 2.75) is 26.3 Å². The van der Waals surface area contributed by atoms with E-state index in [1.165, 1.54) is 0 Å². The number of ether oxygens (including phenoxy) is 1. The zero-order valence-electron chi connectivity index (χ0n) is 13.8. The number of hydrogen-bond acceptors (Lipinski definition) is 4. The second-order valence-electron chi connectivity index (χ2n) is 5.63. The molecule has 0 radical (unpaired) electrons. The molecule has 0 bridgehead atoms. The van der Waals surface area contributed by atoms with E-state index in [1.807, 2.05) is 37.3 Å². The minimum atomic E-state index is 0.00370. The van der Waals surface area contributed by atoms with Crippen molar-refractivity contribution in [3.8, 4) is 5.75 Å². The number of nitrogens with one attached hydrogen (secondary N) is 1. The van der Waals surface area contributed by atoms with Crippen LogP contribution in [0.4, 0.5) is 0 Å². The van der Waals surface area contributed by atoms with Crippen LogP contribution in [0.2, 0.25) is 0 Å². The van der Waals surface area contributed by atoms with Crippen LogP contribution in [0.25, 0.3) is 0 Å². The number of rotatable bonds is 6. The summed E-state index contributed by atoms with van der Waals surface area (Å²) in [6, 6.07) is 13.1. The Labute approximate surface area is 140 Å². The van der Waals surface area contributed by atoms with Crippen molar-refractivity contribution in [2.75, 3.05) is 7.11 Å². The summed E-state index contributed by atoms with van der Waals surface area (Å²) in [5.41, 5.74) is 2.08. The van der Waals surface area contributed by atoms with Crippen LogP contribution in [0.15, 0.2) is 47.3 Å². The molecule has 1 N–H and O–H groups in total. The summed E-state index contributed by atoms with van der Waals surface area (Å²) in [4.78, 5) is 16.4. The van der Waals surface area contributed by atoms with Gasteiger partial charge in [-0.3, -0.25) is 9.89 Å². The Bertz CT molecular complexity index is 865. The number of pyridine rings is 1. The molecule has 0 saturated heterocycles. The van der Waals surface area contributed by atoms with Crippen LogP contribution >= 0.6 is 0 Å². The number of methoxy groups -OCH3 is 1. The van der Waals surface area contributed by atoms with Gasteiger partial charge in [0.05, 0.1) is 7.11 Å². The summed E-state index contributed by atoms with van der Waals surface area (Å²) in [5, 5.41) is 7.21. The Morgan fingerprint density at radius 2 is 1.96 bits per heavy atom. The summed E-state index contributed by atoms with van der Waals surface area (Å²) in [6.45, 7) is 2.50. The van der Waals surface area contributed by atoms with E-state index in [0.717, 1.165) is 22.8 Å². The zero-order valence-corrected chi connectivity index (χ0v) is 13.8. The quantitative estimate of drug-likeness (QED) is 0.754. The molecule has 1 aromatic carbocycles. The lowest BCUT2D eigenvalue weighted by Gasteiger charge is -2.07. The van der Waals surface area contributed by atoms with Crippen LogP contribution in [-0.4, -0.2) is 26.9 Å². The van der Waals surface area contributed by atoms with Crippen molar-refractivity contribution in [3.63, 3.8) is 0 Å². The van der Waals surface area contributed by atoms with Gasteiger partial charge in [0.1, 0.15) is 11.6 Å². The molecule has 0 spiro atoms. The van der Waals surface area contributed by atoms with Gasteiger partial charge in [0.25, 0.3) is 5.56 Å². The lowest BCUT2D eigenvalue weighted by Crippen LogP contribution is -2.22. The number of aromatic nitrogens is 4. The van der Waals surface area contributed by atoms with Gasteiger partial charge in [-0.2, -0.15) is 5.10 Å². The van der Waals surface area contributed by atoms with E-state index in [-0.39, 0.29) is 5.56 Å². The maximum atomic E-state index is 11.9. The molecule has 2 heterocycles. The van der Waals surface area contributed by atoms with Gasteiger partial charge in [-0.05, 0) is 30.7 Å². The van der Waals surface area contributed by atoms with Crippen LogP contribution in [0, 0.1) is 6.92 Å². The number of hydrogen-bond donors (Lipinski definition) is 1. The fourth-order valence-electron chi connectivity index (χ4n) is 2.58. The van der Waals surface area contributed by atoms with Crippen molar-refractivity contribution < 1.29 is 4.74 Å². The number of H-pyrrole nitrogens is 1. The molecule has 124 valence electrons. The van der Waals surface area contributed by atoms with Gasteiger partial charge >= 0.3 is 0 Å². The van der Waals surface area contributed by atoms with Crippen LogP contribution in [0.1, 0.15) is 22.9 Å². The van der Waals surface area contributed by atoms with E-state index < -0.39 is 0 Å². The number of benzene rings is 1. The molecule has 24 heavy (non-hydrogen) atoms. The minimum absolute atomic E-state index is 0.00370. The highest BCUT2D eigenvalue weighted by Crippen LogP contribution is 2.13. The Morgan fingerprint density at radius 3 is 2.67 bits per heavy atom. The Hall–Kier alpha value is -2.89. The van der Waals surface area contributed by atoms with E-state index >= 15 is 0 Å². The highest BCUT2D eigenvalue weighted by atomic mass is 16.5. The van der Waals surface area contributed by atoms with Crippen molar-refractivity contribution in [1.29, 1.82) is 0 Å². The monoisotopic (exact) mass is 324 g/mol. The highest BCUT2D eigenvalue weighted by molar-refractivity contribution is 5.28. The lowest BCUT2D eigenvalue weighted by atomic mass is 10.1. The second-order valence-corrected chi connectivity index (χ2v) is 5.63. The van der Waals surface area contributed by atoms with Gasteiger partial charge in [0.15, 0.2) is 5.82 Å². The minimum Gasteiger partial charge on any atom is -0.497 e. The predicted octanol–water partition coefficient (Wildman–Crippen LogP) is 2.12. The molecule has 0 atom stereocenters. The molecule has 0 aliphatic carbocycles. The smallest absolute Gasteiger partial charge is 0.250 e. The van der Waals surface area contributed by atoms with Gasteiger partial charge in [-0.25, -0.2) is 4.98 Å². The number of aromatic amines is 1. The average Bonchev–Trinajstić information content (AvgIpc) is 3.02. The van der Waals surface area contributed by atoms with E-state index in [0.29, 0.717) is 25.2 Å². The van der Waals surface area contributed by atoms with Crippen LogP contribution in [-0.2, 0) is 19.4 Å². The lowest BCUT2D eigenvalue weighted by molar-refractivity contribution is 0.414. The maximum Gasteiger partial charge on any atom is 0.250 e. The third kappa shape index (κ3) is 3.71. The topological polar surface area (TPSA) is 72.8 Å². The molecule has 0 unspecified atom stereocenters. The first kappa shape index (κ1) is 16.0. The molecule has 0 aliphatic heterocycles. The normalized spacial score (nSPS) is 10.8. The van der Waals surface area contributed by atoms with E-state index in [1.54, 1.807) is 23.8 Å². The van der Waals surface area contributed by atoms with Gasteiger partial charge in [-0.1, -0.05) is 18.2 Å². The first-order valence-electron chi connectivity index (χ1n) is 7.85. The molecular formula is C18H20N4O2. The van der Waals surface area contributed by atoms with Gasteiger partial charge in [0.2, 0.25) is 0 Å². The van der Waals surface area contributed by atoms with Crippen molar-refractivity contribution in [1.82, 2.24) is 19.7 Å². The molecule has 3 rings (SSSR count). The third-order valence-electron chi connectivity index (χ3n) is 3.94. The maximum absolute atomic E-state index is 11.9. The SMILES string of the molecule is COc1ccc(Cc2nc(CCn3c(C)cccc3=O)n[nH]2)cc1. The van der Waals surface area contributed by atoms with Gasteiger partial charge < -0.3 is 9.30 Å². The second kappa shape index (κ2) is 7.12. The first-order chi connectivity index (χ1) is 11.7. The summed E-state index contributed by atoms with van der Waals surface area (Å²) in [5.74, 6) is 2.36. The Balaban J connectivity index is 1.64. The van der Waals surface area contributed by atoms with Crippen molar-refractivity contribution >= 4 is 0 Å². The molecule has 0 amide bonds. The summed E-state index contributed by atoms with van der Waals surface area (Å²) >= 11 is 0. The summed E-state index contributed by atoms with van der Waals surface area (Å²) in [6.07, 6.45) is 1.30. The van der Waals surface area contributed by atoms with Gasteiger partial charge in [-0.15, -0.1) is 0 Å². The van der Waals surface area contributed by atoms with E-state index in [4.69, 9.17) is 4.74 Å². The third-order valence-corrected chi connectivity index (χ3v) is 3.94. The molecule has 0 saturated carbocycles. The Morgan fingerprint density at radius 1 is 1.17 bits per heavy atom. The molecule has 6 heteroatoms. The van der Waals surface area contributed by atoms with Crippen LogP contribution < -0.4 is 10.3 Å². The highest BCUT2D eigenvalue weighted by Gasteiger charge is 2.06. The summed E-state index contributed by atoms with van der Waals surface area (Å²) in [7, 11) is 1.65. The van der Waals surface area contributed by atoms with Gasteiger partial charge in [0, 0.05) is 31.1 Å². The molecular weight excluding hydrogens is 304 g/mol. The Kier molecular flexibility index (Phi) is 4.74. The van der Waals surface area contributed by atoms with Crippen LogP contribution in [0.3, 0.4) is 0 Å². The fraction of sp³-hybridized carbons (Fsp3) is 0.278. The standard InChI is InChI=1S/C18H20N4O2/c1-13-4-3-5-18(23)22(13)11-10-16-19-17(21-20-16)12-14-6-8-15(24-2)9-7-14/h3-9H,10-12H2,1-2H3,(H,19,20,21). The molecule has 3 aromatic rings. The zero-order chi connectivity index (χ0) is 16.9. The van der Waals surface area contributed by atoms with Crippen molar-refractivity contribution in [2.24, 2.45) is 0 Å². The average molecular weight is 324 g/mol. The molecule has 6 nitrogen and oxygen atoms in total. The molecule has 0 aliphatic rings. The number of aryl methyl sites for hydroxylation is 2. The molecule has 0 fully saturated rings. The first-order valence-corrected chi connectivity index (χ1v) is 7.85. The fourth-order valence-corrected chi connectivity index (χ4v) is 2.58. The predicted molar refractivity (Wildman–Crippen MR) is 91.3 cm³/mol. The summed E-state index contributed by atoms with van der Waals surface area (Å²) < 4.78 is 6.89.